The van der Waals surface area contributed by atoms with Crippen molar-refractivity contribution in [2.75, 3.05) is 6.54 Å². The molecule has 1 unspecified atom stereocenters. The first kappa shape index (κ1) is 14.2. The van der Waals surface area contributed by atoms with Crippen LogP contribution in [0.5, 0.6) is 0 Å². The molecular weight excluding hydrogens is 226 g/mol. The van der Waals surface area contributed by atoms with Crippen molar-refractivity contribution in [1.82, 2.24) is 5.32 Å². The largest absolute Gasteiger partial charge is 0.352 e. The van der Waals surface area contributed by atoms with Crippen LogP contribution in [0.25, 0.3) is 0 Å². The highest BCUT2D eigenvalue weighted by molar-refractivity contribution is 5.75. The molecule has 1 atom stereocenters. The van der Waals surface area contributed by atoms with Gasteiger partial charge in [0.2, 0.25) is 5.91 Å². The number of carbonyl (C=O) groups is 1. The normalized spacial score (nSPS) is 11.6. The third-order valence-corrected chi connectivity index (χ3v) is 2.84. The van der Waals surface area contributed by atoms with Crippen molar-refractivity contribution in [3.05, 3.63) is 35.4 Å². The quantitative estimate of drug-likeness (QED) is 0.798. The van der Waals surface area contributed by atoms with Gasteiger partial charge in [-0.05, 0) is 36.6 Å². The van der Waals surface area contributed by atoms with E-state index in [9.17, 15) is 4.79 Å². The highest BCUT2D eigenvalue weighted by Gasteiger charge is 2.05. The van der Waals surface area contributed by atoms with Gasteiger partial charge >= 0.3 is 0 Å². The Hall–Kier alpha value is -1.86. The molecule has 4 nitrogen and oxygen atoms in total. The van der Waals surface area contributed by atoms with Gasteiger partial charge in [0.15, 0.2) is 0 Å². The first-order valence-corrected chi connectivity index (χ1v) is 6.11. The maximum atomic E-state index is 11.6. The lowest BCUT2D eigenvalue weighted by atomic mass is 10.1. The highest BCUT2D eigenvalue weighted by atomic mass is 16.1. The predicted molar refractivity (Wildman–Crippen MR) is 70.5 cm³/mol. The van der Waals surface area contributed by atoms with Gasteiger partial charge in [-0.25, -0.2) is 0 Å². The molecule has 0 aliphatic carbocycles. The molecule has 96 valence electrons. The number of carbonyl (C=O) groups excluding carboxylic acids is 1. The molecule has 0 saturated heterocycles. The number of nitriles is 1. The fourth-order valence-corrected chi connectivity index (χ4v) is 1.48. The lowest BCUT2D eigenvalue weighted by Crippen LogP contribution is -2.23. The van der Waals surface area contributed by atoms with Crippen molar-refractivity contribution in [1.29, 1.82) is 5.26 Å². The van der Waals surface area contributed by atoms with E-state index in [4.69, 9.17) is 11.0 Å². The molecule has 0 bridgehead atoms. The number of rotatable bonds is 6. The molecule has 1 amide bonds. The molecule has 4 heteroatoms. The number of hydrogen-bond donors (Lipinski definition) is 2. The molecule has 0 fully saturated rings. The molecule has 0 radical (unpaired) electrons. The fraction of sp³-hybridized carbons (Fsp3) is 0.429. The van der Waals surface area contributed by atoms with E-state index in [0.29, 0.717) is 31.0 Å². The van der Waals surface area contributed by atoms with Crippen LogP contribution < -0.4 is 11.1 Å². The van der Waals surface area contributed by atoms with Gasteiger partial charge < -0.3 is 11.1 Å². The molecule has 1 aromatic carbocycles. The van der Waals surface area contributed by atoms with Gasteiger partial charge in [0, 0.05) is 13.0 Å². The first-order chi connectivity index (χ1) is 8.65. The molecule has 0 aromatic heterocycles. The van der Waals surface area contributed by atoms with Crippen LogP contribution in [0.1, 0.15) is 30.9 Å². The van der Waals surface area contributed by atoms with Gasteiger partial charge in [0.25, 0.3) is 0 Å². The average Bonchev–Trinajstić information content (AvgIpc) is 2.42. The minimum Gasteiger partial charge on any atom is -0.352 e. The zero-order chi connectivity index (χ0) is 13.4. The van der Waals surface area contributed by atoms with Crippen LogP contribution in [0.3, 0.4) is 0 Å². The lowest BCUT2D eigenvalue weighted by molar-refractivity contribution is -0.121. The zero-order valence-corrected chi connectivity index (χ0v) is 10.6. The number of nitrogens with zero attached hydrogens (tertiary/aromatic N) is 1. The summed E-state index contributed by atoms with van der Waals surface area (Å²) in [6.45, 7) is 3.15. The second kappa shape index (κ2) is 7.46. The van der Waals surface area contributed by atoms with Crippen LogP contribution in [0, 0.1) is 17.2 Å². The average molecular weight is 245 g/mol. The fourth-order valence-electron chi connectivity index (χ4n) is 1.48. The second-order valence-corrected chi connectivity index (χ2v) is 4.47. The Balaban J connectivity index is 2.31. The van der Waals surface area contributed by atoms with Gasteiger partial charge in [-0.2, -0.15) is 5.26 Å². The highest BCUT2D eigenvalue weighted by Crippen LogP contribution is 2.05. The molecule has 0 spiro atoms. The Kier molecular flexibility index (Phi) is 5.89. The SMILES string of the molecule is CC(CN)CCC(=O)NCc1ccc(C#N)cc1. The standard InChI is InChI=1S/C14H19N3O/c1-11(8-15)2-7-14(18)17-10-13-5-3-12(9-16)4-6-13/h3-6,11H,2,7-8,10,15H2,1H3,(H,17,18). The van der Waals surface area contributed by atoms with Gasteiger partial charge in [-0.1, -0.05) is 19.1 Å². The number of nitrogens with two attached hydrogens (primary N) is 1. The van der Waals surface area contributed by atoms with E-state index in [1.54, 1.807) is 12.1 Å². The number of benzene rings is 1. The van der Waals surface area contributed by atoms with Gasteiger partial charge in [0.05, 0.1) is 11.6 Å². The summed E-state index contributed by atoms with van der Waals surface area (Å²) in [6, 6.07) is 9.25. The zero-order valence-electron chi connectivity index (χ0n) is 10.6. The molecule has 0 aliphatic rings. The summed E-state index contributed by atoms with van der Waals surface area (Å²) >= 11 is 0. The number of nitrogens with one attached hydrogen (secondary N) is 1. The predicted octanol–water partition coefficient (Wildman–Crippen LogP) is 1.55. The van der Waals surface area contributed by atoms with Crippen LogP contribution in [-0.4, -0.2) is 12.5 Å². The van der Waals surface area contributed by atoms with Crippen LogP contribution in [0.2, 0.25) is 0 Å². The van der Waals surface area contributed by atoms with Crippen molar-refractivity contribution in [3.8, 4) is 6.07 Å². The minimum atomic E-state index is 0.0414. The van der Waals surface area contributed by atoms with Crippen LogP contribution in [0.15, 0.2) is 24.3 Å². The summed E-state index contributed by atoms with van der Waals surface area (Å²) in [5.41, 5.74) is 7.11. The summed E-state index contributed by atoms with van der Waals surface area (Å²) in [7, 11) is 0. The van der Waals surface area contributed by atoms with E-state index in [0.717, 1.165) is 12.0 Å². The Labute approximate surface area is 108 Å². The van der Waals surface area contributed by atoms with Crippen molar-refractivity contribution in [2.45, 2.75) is 26.3 Å². The Morgan fingerprint density at radius 3 is 2.67 bits per heavy atom. The van der Waals surface area contributed by atoms with E-state index >= 15 is 0 Å². The molecule has 1 rings (SSSR count). The Morgan fingerprint density at radius 2 is 2.11 bits per heavy atom. The topological polar surface area (TPSA) is 78.9 Å². The molecular formula is C14H19N3O. The Bertz CT molecular complexity index is 420. The smallest absolute Gasteiger partial charge is 0.220 e. The first-order valence-electron chi connectivity index (χ1n) is 6.11. The van der Waals surface area contributed by atoms with Crippen molar-refractivity contribution in [2.24, 2.45) is 11.7 Å². The van der Waals surface area contributed by atoms with Gasteiger partial charge in [-0.15, -0.1) is 0 Å². The monoisotopic (exact) mass is 245 g/mol. The second-order valence-electron chi connectivity index (χ2n) is 4.47. The summed E-state index contributed by atoms with van der Waals surface area (Å²) in [4.78, 5) is 11.6. The Morgan fingerprint density at radius 1 is 1.44 bits per heavy atom. The van der Waals surface area contributed by atoms with E-state index in [1.165, 1.54) is 0 Å². The maximum absolute atomic E-state index is 11.6. The van der Waals surface area contributed by atoms with E-state index < -0.39 is 0 Å². The third-order valence-electron chi connectivity index (χ3n) is 2.84. The number of hydrogen-bond acceptors (Lipinski definition) is 3. The van der Waals surface area contributed by atoms with Crippen molar-refractivity contribution >= 4 is 5.91 Å². The van der Waals surface area contributed by atoms with Crippen LogP contribution >= 0.6 is 0 Å². The van der Waals surface area contributed by atoms with E-state index in [-0.39, 0.29) is 5.91 Å². The summed E-state index contributed by atoms with van der Waals surface area (Å²) in [6.07, 6.45) is 1.32. The third kappa shape index (κ3) is 4.98. The van der Waals surface area contributed by atoms with E-state index in [2.05, 4.69) is 11.4 Å². The number of amides is 1. The molecule has 3 N–H and O–H groups in total. The van der Waals surface area contributed by atoms with Crippen molar-refractivity contribution in [3.63, 3.8) is 0 Å². The van der Waals surface area contributed by atoms with E-state index in [1.807, 2.05) is 19.1 Å². The van der Waals surface area contributed by atoms with Crippen LogP contribution in [0.4, 0.5) is 0 Å². The minimum absolute atomic E-state index is 0.0414. The summed E-state index contributed by atoms with van der Waals surface area (Å²) < 4.78 is 0. The van der Waals surface area contributed by atoms with Gasteiger partial charge in [0.1, 0.15) is 0 Å². The van der Waals surface area contributed by atoms with Crippen LogP contribution in [-0.2, 0) is 11.3 Å². The maximum Gasteiger partial charge on any atom is 0.220 e. The molecule has 0 heterocycles. The molecule has 0 aliphatic heterocycles. The summed E-state index contributed by atoms with van der Waals surface area (Å²) in [5, 5.41) is 11.5. The molecule has 0 saturated carbocycles. The summed E-state index contributed by atoms with van der Waals surface area (Å²) in [5.74, 6) is 0.422. The molecule has 1 aromatic rings. The molecule has 18 heavy (non-hydrogen) atoms. The van der Waals surface area contributed by atoms with Crippen molar-refractivity contribution < 1.29 is 4.79 Å². The van der Waals surface area contributed by atoms with Gasteiger partial charge in [-0.3, -0.25) is 4.79 Å². The lowest BCUT2D eigenvalue weighted by Gasteiger charge is -2.08.